The summed E-state index contributed by atoms with van der Waals surface area (Å²) in [5.41, 5.74) is 6.32. The Morgan fingerprint density at radius 3 is 2.90 bits per heavy atom. The molecular weight excluding hydrogens is 391 g/mol. The maximum atomic E-state index is 14.9. The van der Waals surface area contributed by atoms with E-state index >= 15 is 0 Å². The number of aromatic nitrogens is 1. The van der Waals surface area contributed by atoms with Gasteiger partial charge in [0.1, 0.15) is 28.6 Å². The molecule has 0 saturated heterocycles. The fraction of sp³-hybridized carbons (Fsp3) is 0.286. The van der Waals surface area contributed by atoms with Gasteiger partial charge in [-0.05, 0) is 37.3 Å². The number of ether oxygens (including phenoxy) is 3. The fourth-order valence-corrected chi connectivity index (χ4v) is 3.56. The van der Waals surface area contributed by atoms with Crippen LogP contribution in [-0.4, -0.2) is 37.2 Å². The Hall–Kier alpha value is -3.46. The average molecular weight is 412 g/mol. The van der Waals surface area contributed by atoms with Gasteiger partial charge in [-0.25, -0.2) is 14.4 Å². The second-order valence-electron chi connectivity index (χ2n) is 7.06. The highest BCUT2D eigenvalue weighted by Crippen LogP contribution is 2.42. The summed E-state index contributed by atoms with van der Waals surface area (Å²) in [5, 5.41) is 2.74. The second-order valence-corrected chi connectivity index (χ2v) is 7.06. The summed E-state index contributed by atoms with van der Waals surface area (Å²) in [5.74, 6) is 0.273. The third-order valence-corrected chi connectivity index (χ3v) is 5.16. The van der Waals surface area contributed by atoms with E-state index in [2.05, 4.69) is 15.3 Å². The lowest BCUT2D eigenvalue weighted by Gasteiger charge is -2.36. The van der Waals surface area contributed by atoms with Gasteiger partial charge in [0.2, 0.25) is 0 Å². The van der Waals surface area contributed by atoms with Crippen LogP contribution in [0.4, 0.5) is 10.1 Å². The van der Waals surface area contributed by atoms with Gasteiger partial charge in [-0.2, -0.15) is 0 Å². The molecule has 30 heavy (non-hydrogen) atoms. The Kier molecular flexibility index (Phi) is 5.13. The van der Waals surface area contributed by atoms with Crippen LogP contribution in [0.1, 0.15) is 29.4 Å². The zero-order valence-electron chi connectivity index (χ0n) is 16.6. The van der Waals surface area contributed by atoms with Crippen LogP contribution in [0.3, 0.4) is 0 Å². The van der Waals surface area contributed by atoms with E-state index in [1.807, 2.05) is 0 Å². The molecule has 3 N–H and O–H groups in total. The highest BCUT2D eigenvalue weighted by Gasteiger charge is 2.41. The number of amidine groups is 1. The SMILES string of the molecule is COc1ccc(C(=O)Nc2ccc(F)c([C@@]3(C)N=C(N)OC4=C3COCC4)c2)nc1. The van der Waals surface area contributed by atoms with Gasteiger partial charge >= 0.3 is 0 Å². The van der Waals surface area contributed by atoms with Crippen molar-refractivity contribution in [2.45, 2.75) is 18.9 Å². The van der Waals surface area contributed by atoms with Crippen LogP contribution in [0, 0.1) is 5.82 Å². The predicted molar refractivity (Wildman–Crippen MR) is 108 cm³/mol. The van der Waals surface area contributed by atoms with Crippen LogP contribution in [0.25, 0.3) is 0 Å². The van der Waals surface area contributed by atoms with E-state index in [0.717, 1.165) is 0 Å². The van der Waals surface area contributed by atoms with Crippen LogP contribution in [0.5, 0.6) is 5.75 Å². The van der Waals surface area contributed by atoms with E-state index in [0.29, 0.717) is 35.8 Å². The van der Waals surface area contributed by atoms with Crippen LogP contribution in [0.2, 0.25) is 0 Å². The molecule has 2 aliphatic heterocycles. The Labute approximate surface area is 172 Å². The molecule has 0 aliphatic carbocycles. The molecule has 1 aromatic heterocycles. The molecule has 2 aromatic rings. The van der Waals surface area contributed by atoms with Crippen molar-refractivity contribution in [1.82, 2.24) is 4.98 Å². The number of nitrogens with one attached hydrogen (secondary N) is 1. The topological polar surface area (TPSA) is 108 Å². The third-order valence-electron chi connectivity index (χ3n) is 5.16. The first-order chi connectivity index (χ1) is 14.4. The summed E-state index contributed by atoms with van der Waals surface area (Å²) in [6.07, 6.45) is 1.98. The molecule has 1 amide bonds. The van der Waals surface area contributed by atoms with Crippen molar-refractivity contribution in [3.63, 3.8) is 0 Å². The minimum Gasteiger partial charge on any atom is -0.495 e. The number of amides is 1. The number of anilines is 1. The molecule has 0 unspecified atom stereocenters. The molecule has 0 radical (unpaired) electrons. The van der Waals surface area contributed by atoms with Gasteiger partial charge in [0, 0.05) is 23.2 Å². The fourth-order valence-electron chi connectivity index (χ4n) is 3.56. The summed E-state index contributed by atoms with van der Waals surface area (Å²) in [7, 11) is 1.52. The number of halogens is 1. The van der Waals surface area contributed by atoms with Crippen molar-refractivity contribution >= 4 is 17.6 Å². The van der Waals surface area contributed by atoms with E-state index in [-0.39, 0.29) is 23.9 Å². The summed E-state index contributed by atoms with van der Waals surface area (Å²) < 4.78 is 31.0. The normalized spacial score (nSPS) is 20.7. The Morgan fingerprint density at radius 1 is 1.33 bits per heavy atom. The van der Waals surface area contributed by atoms with Gasteiger partial charge in [0.05, 0.1) is 26.5 Å². The number of rotatable bonds is 4. The number of methoxy groups -OCH3 is 1. The van der Waals surface area contributed by atoms with Crippen LogP contribution in [0.15, 0.2) is 52.9 Å². The van der Waals surface area contributed by atoms with Crippen LogP contribution >= 0.6 is 0 Å². The molecule has 0 fully saturated rings. The van der Waals surface area contributed by atoms with Crippen molar-refractivity contribution in [3.8, 4) is 5.75 Å². The Balaban J connectivity index is 1.67. The number of carbonyl (C=O) groups excluding carboxylic acids is 1. The monoisotopic (exact) mass is 412 g/mol. The van der Waals surface area contributed by atoms with E-state index < -0.39 is 17.3 Å². The van der Waals surface area contributed by atoms with Crippen LogP contribution < -0.4 is 15.8 Å². The van der Waals surface area contributed by atoms with Gasteiger partial charge in [0.15, 0.2) is 0 Å². The largest absolute Gasteiger partial charge is 0.495 e. The first kappa shape index (κ1) is 19.8. The lowest BCUT2D eigenvalue weighted by atomic mass is 9.82. The number of pyridine rings is 1. The highest BCUT2D eigenvalue weighted by molar-refractivity contribution is 6.02. The van der Waals surface area contributed by atoms with Crippen molar-refractivity contribution in [2.75, 3.05) is 25.6 Å². The van der Waals surface area contributed by atoms with Gasteiger partial charge in [-0.1, -0.05) is 0 Å². The van der Waals surface area contributed by atoms with Crippen molar-refractivity contribution in [3.05, 3.63) is 64.9 Å². The number of aliphatic imine (C=N–C) groups is 1. The molecule has 3 heterocycles. The minimum absolute atomic E-state index is 0.0329. The standard InChI is InChI=1S/C21H21FN4O4/c1-21(15-11-29-8-7-18(15)30-20(23)26-21)14-9-12(3-5-16(14)22)25-19(27)17-6-4-13(28-2)10-24-17/h3-6,9-10H,7-8,11H2,1-2H3,(H2,23,26)(H,25,27)/t21-/m1/s1. The van der Waals surface area contributed by atoms with Crippen molar-refractivity contribution < 1.29 is 23.4 Å². The molecule has 4 rings (SSSR count). The molecule has 0 spiro atoms. The van der Waals surface area contributed by atoms with E-state index in [1.54, 1.807) is 19.1 Å². The number of hydrogen-bond acceptors (Lipinski definition) is 7. The lowest BCUT2D eigenvalue weighted by Crippen LogP contribution is -2.38. The Morgan fingerprint density at radius 2 is 2.17 bits per heavy atom. The lowest BCUT2D eigenvalue weighted by molar-refractivity contribution is 0.102. The number of carbonyl (C=O) groups is 1. The number of nitrogens with zero attached hydrogens (tertiary/aromatic N) is 2. The van der Waals surface area contributed by atoms with Crippen LogP contribution in [-0.2, 0) is 15.0 Å². The molecule has 0 saturated carbocycles. The molecule has 2 aliphatic rings. The molecule has 156 valence electrons. The van der Waals surface area contributed by atoms with Gasteiger partial charge in [-0.15, -0.1) is 0 Å². The van der Waals surface area contributed by atoms with Gasteiger partial charge < -0.3 is 25.3 Å². The minimum atomic E-state index is -1.11. The molecule has 1 aromatic carbocycles. The third kappa shape index (κ3) is 3.59. The Bertz CT molecular complexity index is 1050. The average Bonchev–Trinajstić information content (AvgIpc) is 2.75. The summed E-state index contributed by atoms with van der Waals surface area (Å²) >= 11 is 0. The summed E-state index contributed by atoms with van der Waals surface area (Å²) in [6.45, 7) is 2.51. The van der Waals surface area contributed by atoms with E-state index in [4.69, 9.17) is 19.9 Å². The quantitative estimate of drug-likeness (QED) is 0.799. The van der Waals surface area contributed by atoms with Crippen molar-refractivity contribution in [1.29, 1.82) is 0 Å². The summed E-state index contributed by atoms with van der Waals surface area (Å²) in [6, 6.07) is 7.44. The molecule has 1 atom stereocenters. The zero-order chi connectivity index (χ0) is 21.3. The predicted octanol–water partition coefficient (Wildman–Crippen LogP) is 2.72. The maximum Gasteiger partial charge on any atom is 0.288 e. The van der Waals surface area contributed by atoms with Gasteiger partial charge in [0.25, 0.3) is 11.9 Å². The van der Waals surface area contributed by atoms with E-state index in [1.165, 1.54) is 31.5 Å². The van der Waals surface area contributed by atoms with Crippen molar-refractivity contribution in [2.24, 2.45) is 10.7 Å². The first-order valence-electron chi connectivity index (χ1n) is 9.35. The number of hydrogen-bond donors (Lipinski definition) is 2. The molecule has 0 bridgehead atoms. The second kappa shape index (κ2) is 7.75. The molecule has 9 heteroatoms. The van der Waals surface area contributed by atoms with E-state index in [9.17, 15) is 9.18 Å². The number of benzene rings is 1. The zero-order valence-corrected chi connectivity index (χ0v) is 16.6. The number of nitrogens with two attached hydrogens (primary N) is 1. The van der Waals surface area contributed by atoms with Gasteiger partial charge in [-0.3, -0.25) is 4.79 Å². The molecular formula is C21H21FN4O4. The highest BCUT2D eigenvalue weighted by atomic mass is 19.1. The smallest absolute Gasteiger partial charge is 0.288 e. The first-order valence-corrected chi connectivity index (χ1v) is 9.35. The molecule has 8 nitrogen and oxygen atoms in total. The summed E-state index contributed by atoms with van der Waals surface area (Å²) in [4.78, 5) is 21.0. The maximum absolute atomic E-state index is 14.9.